The molecular formula is C15H22N4O. The topological polar surface area (TPSA) is 86.9 Å². The van der Waals surface area contributed by atoms with Crippen LogP contribution in [-0.2, 0) is 6.54 Å². The molecule has 108 valence electrons. The van der Waals surface area contributed by atoms with Crippen molar-refractivity contribution in [3.8, 4) is 0 Å². The number of primary amides is 1. The van der Waals surface area contributed by atoms with Crippen molar-refractivity contribution in [2.45, 2.75) is 45.1 Å². The summed E-state index contributed by atoms with van der Waals surface area (Å²) in [5, 5.41) is 0. The van der Waals surface area contributed by atoms with E-state index in [1.165, 1.54) is 38.5 Å². The van der Waals surface area contributed by atoms with E-state index in [1.807, 2.05) is 4.57 Å². The van der Waals surface area contributed by atoms with E-state index < -0.39 is 5.91 Å². The number of carbonyl (C=O) groups is 1. The maximum absolute atomic E-state index is 11.6. The standard InChI is InChI=1S/C15H22N4O/c16-13-12(14(17)20)19(8-18-13)7-15-4-9-1-10(5-15)3-11(2-9)6-15/h8-11H,1-7,16H2,(H2,17,20). The molecular weight excluding hydrogens is 252 g/mol. The molecule has 5 rings (SSSR count). The molecule has 0 radical (unpaired) electrons. The molecule has 1 heterocycles. The molecule has 0 atom stereocenters. The van der Waals surface area contributed by atoms with Crippen LogP contribution in [0.4, 0.5) is 5.82 Å². The zero-order valence-corrected chi connectivity index (χ0v) is 11.7. The first kappa shape index (κ1) is 12.2. The molecule has 1 amide bonds. The lowest BCUT2D eigenvalue weighted by atomic mass is 9.49. The summed E-state index contributed by atoms with van der Waals surface area (Å²) in [4.78, 5) is 15.6. The highest BCUT2D eigenvalue weighted by Gasteiger charge is 2.51. The summed E-state index contributed by atoms with van der Waals surface area (Å²) < 4.78 is 1.91. The van der Waals surface area contributed by atoms with Crippen LogP contribution in [0.25, 0.3) is 0 Å². The van der Waals surface area contributed by atoms with Crippen molar-refractivity contribution in [2.24, 2.45) is 28.9 Å². The Bertz CT molecular complexity index is 527. The fourth-order valence-electron chi connectivity index (χ4n) is 5.63. The molecule has 5 heteroatoms. The van der Waals surface area contributed by atoms with Crippen molar-refractivity contribution in [3.63, 3.8) is 0 Å². The van der Waals surface area contributed by atoms with E-state index in [1.54, 1.807) is 6.33 Å². The number of hydrogen-bond donors (Lipinski definition) is 2. The van der Waals surface area contributed by atoms with Crippen LogP contribution in [0.1, 0.15) is 49.0 Å². The Morgan fingerprint density at radius 1 is 1.25 bits per heavy atom. The van der Waals surface area contributed by atoms with Crippen LogP contribution >= 0.6 is 0 Å². The Balaban J connectivity index is 1.64. The fraction of sp³-hybridized carbons (Fsp3) is 0.733. The molecule has 4 bridgehead atoms. The van der Waals surface area contributed by atoms with Crippen LogP contribution < -0.4 is 11.5 Å². The Kier molecular flexibility index (Phi) is 2.44. The number of amides is 1. The zero-order chi connectivity index (χ0) is 13.9. The van der Waals surface area contributed by atoms with Crippen LogP contribution in [-0.4, -0.2) is 15.5 Å². The minimum Gasteiger partial charge on any atom is -0.382 e. The maximum atomic E-state index is 11.6. The monoisotopic (exact) mass is 274 g/mol. The van der Waals surface area contributed by atoms with E-state index in [0.717, 1.165) is 24.3 Å². The van der Waals surface area contributed by atoms with Gasteiger partial charge in [-0.05, 0) is 61.7 Å². The number of nitrogens with zero attached hydrogens (tertiary/aromatic N) is 2. The Morgan fingerprint density at radius 3 is 2.30 bits per heavy atom. The third kappa shape index (κ3) is 1.75. The second-order valence-electron chi connectivity index (χ2n) is 7.39. The zero-order valence-electron chi connectivity index (χ0n) is 11.7. The van der Waals surface area contributed by atoms with E-state index in [4.69, 9.17) is 11.5 Å². The average molecular weight is 274 g/mol. The van der Waals surface area contributed by atoms with Gasteiger partial charge in [-0.3, -0.25) is 4.79 Å². The van der Waals surface area contributed by atoms with Crippen LogP contribution in [0.3, 0.4) is 0 Å². The predicted octanol–water partition coefficient (Wildman–Crippen LogP) is 1.78. The number of rotatable bonds is 3. The average Bonchev–Trinajstić information content (AvgIpc) is 2.67. The van der Waals surface area contributed by atoms with Gasteiger partial charge in [-0.2, -0.15) is 0 Å². The van der Waals surface area contributed by atoms with Gasteiger partial charge in [0.05, 0.1) is 6.33 Å². The smallest absolute Gasteiger partial charge is 0.269 e. The molecule has 0 saturated heterocycles. The second-order valence-corrected chi connectivity index (χ2v) is 7.39. The SMILES string of the molecule is NC(=O)c1c(N)ncn1CC12CC3CC(CC(C3)C1)C2. The Hall–Kier alpha value is -1.52. The van der Waals surface area contributed by atoms with E-state index in [9.17, 15) is 4.79 Å². The van der Waals surface area contributed by atoms with E-state index in [-0.39, 0.29) is 5.82 Å². The van der Waals surface area contributed by atoms with Gasteiger partial charge in [0.1, 0.15) is 0 Å². The van der Waals surface area contributed by atoms with E-state index in [2.05, 4.69) is 4.98 Å². The Morgan fingerprint density at radius 2 is 1.80 bits per heavy atom. The summed E-state index contributed by atoms with van der Waals surface area (Å²) in [6.07, 6.45) is 9.86. The maximum Gasteiger partial charge on any atom is 0.269 e. The number of imidazole rings is 1. The van der Waals surface area contributed by atoms with Gasteiger partial charge in [0.15, 0.2) is 11.5 Å². The second kappa shape index (κ2) is 3.99. The molecule has 0 spiro atoms. The lowest BCUT2D eigenvalue weighted by molar-refractivity contribution is -0.0620. The lowest BCUT2D eigenvalue weighted by Gasteiger charge is -2.57. The van der Waals surface area contributed by atoms with Crippen molar-refractivity contribution in [1.29, 1.82) is 0 Å². The van der Waals surface area contributed by atoms with Crippen LogP contribution in [0.15, 0.2) is 6.33 Å². The van der Waals surface area contributed by atoms with Gasteiger partial charge in [-0.25, -0.2) is 4.98 Å². The molecule has 4 aliphatic carbocycles. The number of nitrogen functional groups attached to an aromatic ring is 1. The summed E-state index contributed by atoms with van der Waals surface area (Å²) in [6, 6.07) is 0. The Labute approximate surface area is 118 Å². The van der Waals surface area contributed by atoms with Gasteiger partial charge in [0, 0.05) is 6.54 Å². The molecule has 20 heavy (non-hydrogen) atoms. The fourth-order valence-corrected chi connectivity index (χ4v) is 5.63. The van der Waals surface area contributed by atoms with Crippen molar-refractivity contribution < 1.29 is 4.79 Å². The molecule has 4 saturated carbocycles. The summed E-state index contributed by atoms with van der Waals surface area (Å²) in [7, 11) is 0. The van der Waals surface area contributed by atoms with E-state index >= 15 is 0 Å². The van der Waals surface area contributed by atoms with Crippen molar-refractivity contribution in [2.75, 3.05) is 5.73 Å². The lowest BCUT2D eigenvalue weighted by Crippen LogP contribution is -2.48. The first-order valence-corrected chi connectivity index (χ1v) is 7.65. The summed E-state index contributed by atoms with van der Waals surface area (Å²) in [5.74, 6) is 2.50. The molecule has 4 fully saturated rings. The van der Waals surface area contributed by atoms with Gasteiger partial charge < -0.3 is 16.0 Å². The highest BCUT2D eigenvalue weighted by Crippen LogP contribution is 2.60. The largest absolute Gasteiger partial charge is 0.382 e. The first-order chi connectivity index (χ1) is 9.55. The van der Waals surface area contributed by atoms with Gasteiger partial charge in [0.2, 0.25) is 0 Å². The van der Waals surface area contributed by atoms with Gasteiger partial charge >= 0.3 is 0 Å². The molecule has 0 unspecified atom stereocenters. The number of hydrogen-bond acceptors (Lipinski definition) is 3. The third-order valence-corrected chi connectivity index (χ3v) is 5.77. The van der Waals surface area contributed by atoms with Crippen LogP contribution in [0.2, 0.25) is 0 Å². The molecule has 0 aliphatic heterocycles. The summed E-state index contributed by atoms with van der Waals surface area (Å²) >= 11 is 0. The van der Waals surface area contributed by atoms with Gasteiger partial charge in [-0.1, -0.05) is 0 Å². The minimum atomic E-state index is -0.468. The van der Waals surface area contributed by atoms with Crippen molar-refractivity contribution >= 4 is 11.7 Å². The highest BCUT2D eigenvalue weighted by molar-refractivity contribution is 5.95. The number of anilines is 1. The van der Waals surface area contributed by atoms with Crippen LogP contribution in [0.5, 0.6) is 0 Å². The molecule has 4 N–H and O–H groups in total. The highest BCUT2D eigenvalue weighted by atomic mass is 16.1. The molecule has 1 aromatic heterocycles. The number of aromatic nitrogens is 2. The van der Waals surface area contributed by atoms with Gasteiger partial charge in [0.25, 0.3) is 5.91 Å². The van der Waals surface area contributed by atoms with Gasteiger partial charge in [-0.15, -0.1) is 0 Å². The predicted molar refractivity (Wildman–Crippen MR) is 75.8 cm³/mol. The third-order valence-electron chi connectivity index (χ3n) is 5.77. The van der Waals surface area contributed by atoms with E-state index in [0.29, 0.717) is 11.1 Å². The first-order valence-electron chi connectivity index (χ1n) is 7.65. The van der Waals surface area contributed by atoms with Crippen LogP contribution in [0, 0.1) is 23.2 Å². The van der Waals surface area contributed by atoms with Crippen molar-refractivity contribution in [3.05, 3.63) is 12.0 Å². The molecule has 5 nitrogen and oxygen atoms in total. The molecule has 0 aromatic carbocycles. The molecule has 4 aliphatic rings. The number of nitrogens with two attached hydrogens (primary N) is 2. The molecule has 1 aromatic rings. The normalized spacial score (nSPS) is 38.3. The summed E-state index contributed by atoms with van der Waals surface area (Å²) in [6.45, 7) is 0.860. The summed E-state index contributed by atoms with van der Waals surface area (Å²) in [5.41, 5.74) is 12.0. The van der Waals surface area contributed by atoms with Crippen molar-refractivity contribution in [1.82, 2.24) is 9.55 Å². The number of carbonyl (C=O) groups excluding carboxylic acids is 1. The quantitative estimate of drug-likeness (QED) is 0.880. The minimum absolute atomic E-state index is 0.266.